The topological polar surface area (TPSA) is 79.9 Å². The Hall–Kier alpha value is -4.00. The molecule has 0 saturated heterocycles. The van der Waals surface area contributed by atoms with Crippen LogP contribution in [-0.2, 0) is 0 Å². The van der Waals surface area contributed by atoms with E-state index in [0.29, 0.717) is 33.9 Å². The molecule has 0 bridgehead atoms. The highest BCUT2D eigenvalue weighted by Gasteiger charge is 2.36. The van der Waals surface area contributed by atoms with Crippen LogP contribution in [0.2, 0.25) is 0 Å². The van der Waals surface area contributed by atoms with Crippen molar-refractivity contribution in [2.45, 2.75) is 6.17 Å². The van der Waals surface area contributed by atoms with Crippen LogP contribution in [0, 0.1) is 0 Å². The van der Waals surface area contributed by atoms with E-state index < -0.39 is 12.1 Å². The van der Waals surface area contributed by atoms with Crippen molar-refractivity contribution < 1.29 is 19.1 Å². The highest BCUT2D eigenvalue weighted by molar-refractivity contribution is 6.04. The van der Waals surface area contributed by atoms with Gasteiger partial charge in [0.15, 0.2) is 17.7 Å². The summed E-state index contributed by atoms with van der Waals surface area (Å²) in [6.45, 7) is 0. The zero-order valence-corrected chi connectivity index (χ0v) is 16.6. The van der Waals surface area contributed by atoms with E-state index in [2.05, 4.69) is 10.7 Å². The fraction of sp³-hybridized carbons (Fsp3) is 0.130. The first-order chi connectivity index (χ1) is 14.6. The lowest BCUT2D eigenvalue weighted by atomic mass is 10.0. The lowest BCUT2D eigenvalue weighted by Crippen LogP contribution is -2.52. The second kappa shape index (κ2) is 8.16. The normalized spacial score (nSPS) is 15.1. The Labute approximate surface area is 174 Å². The monoisotopic (exact) mass is 403 g/mol. The molecule has 30 heavy (non-hydrogen) atoms. The fourth-order valence-corrected chi connectivity index (χ4v) is 3.48. The number of amides is 2. The zero-order valence-electron chi connectivity index (χ0n) is 16.6. The van der Waals surface area contributed by atoms with E-state index in [9.17, 15) is 9.59 Å². The van der Waals surface area contributed by atoms with Crippen LogP contribution in [0.4, 0.5) is 5.69 Å². The molecule has 0 saturated carbocycles. The molecule has 2 amide bonds. The molecule has 152 valence electrons. The summed E-state index contributed by atoms with van der Waals surface area (Å²) in [5, 5.41) is 4.62. The smallest absolute Gasteiger partial charge is 0.276 e. The highest BCUT2D eigenvalue weighted by Crippen LogP contribution is 2.40. The van der Waals surface area contributed by atoms with Crippen LogP contribution in [-0.4, -0.2) is 31.0 Å². The van der Waals surface area contributed by atoms with Crippen molar-refractivity contribution in [1.29, 1.82) is 0 Å². The van der Waals surface area contributed by atoms with Crippen LogP contribution in [0.15, 0.2) is 72.8 Å². The van der Waals surface area contributed by atoms with Crippen molar-refractivity contribution in [3.63, 3.8) is 0 Å². The van der Waals surface area contributed by atoms with Crippen LogP contribution in [0.3, 0.4) is 0 Å². The zero-order chi connectivity index (χ0) is 21.1. The lowest BCUT2D eigenvalue weighted by molar-refractivity contribution is 0.0488. The third-order valence-electron chi connectivity index (χ3n) is 4.91. The number of anilines is 1. The van der Waals surface area contributed by atoms with Gasteiger partial charge >= 0.3 is 0 Å². The molecule has 0 aliphatic carbocycles. The van der Waals surface area contributed by atoms with Crippen LogP contribution in [0.5, 0.6) is 11.5 Å². The maximum atomic E-state index is 13.3. The number of nitrogens with one attached hydrogen (secondary N) is 2. The van der Waals surface area contributed by atoms with Gasteiger partial charge in [-0.15, -0.1) is 0 Å². The van der Waals surface area contributed by atoms with E-state index in [0.717, 1.165) is 0 Å². The summed E-state index contributed by atoms with van der Waals surface area (Å²) in [4.78, 5) is 26.2. The molecule has 1 atom stereocenters. The Morgan fingerprint density at radius 3 is 2.40 bits per heavy atom. The molecule has 1 aliphatic heterocycles. The van der Waals surface area contributed by atoms with Gasteiger partial charge in [-0.25, -0.2) is 5.01 Å². The molecule has 2 N–H and O–H groups in total. The summed E-state index contributed by atoms with van der Waals surface area (Å²) in [5.74, 6) is 0.279. The first-order valence-electron chi connectivity index (χ1n) is 9.40. The number of benzene rings is 3. The predicted octanol–water partition coefficient (Wildman–Crippen LogP) is 3.62. The van der Waals surface area contributed by atoms with Crippen molar-refractivity contribution in [3.8, 4) is 11.5 Å². The first-order valence-corrected chi connectivity index (χ1v) is 9.40. The molecular weight excluding hydrogens is 382 g/mol. The predicted molar refractivity (Wildman–Crippen MR) is 112 cm³/mol. The molecule has 0 fully saturated rings. The number of para-hydroxylation sites is 2. The third-order valence-corrected chi connectivity index (χ3v) is 4.91. The van der Waals surface area contributed by atoms with E-state index in [4.69, 9.17) is 9.47 Å². The van der Waals surface area contributed by atoms with Crippen molar-refractivity contribution in [3.05, 3.63) is 89.5 Å². The maximum Gasteiger partial charge on any atom is 0.276 e. The molecule has 7 heteroatoms. The van der Waals surface area contributed by atoms with Crippen LogP contribution in [0.1, 0.15) is 32.4 Å². The SMILES string of the molecule is COc1cccc(C2Nc3ccccc3C(=O)N2NC(=O)c2ccccc2)c1OC. The first kappa shape index (κ1) is 19.3. The Balaban J connectivity index is 1.79. The van der Waals surface area contributed by atoms with Crippen molar-refractivity contribution in [2.75, 3.05) is 19.5 Å². The minimum Gasteiger partial charge on any atom is -0.493 e. The van der Waals surface area contributed by atoms with Crippen LogP contribution in [0.25, 0.3) is 0 Å². The minimum atomic E-state index is -0.704. The van der Waals surface area contributed by atoms with Crippen LogP contribution < -0.4 is 20.2 Å². The van der Waals surface area contributed by atoms with Crippen molar-refractivity contribution in [2.24, 2.45) is 0 Å². The number of methoxy groups -OCH3 is 2. The number of fused-ring (bicyclic) bond motifs is 1. The molecule has 1 heterocycles. The van der Waals surface area contributed by atoms with Gasteiger partial charge in [0, 0.05) is 16.8 Å². The summed E-state index contributed by atoms with van der Waals surface area (Å²) in [6.07, 6.45) is -0.704. The molecule has 1 aliphatic rings. The van der Waals surface area contributed by atoms with Crippen molar-refractivity contribution >= 4 is 17.5 Å². The molecular formula is C23H21N3O4. The minimum absolute atomic E-state index is 0.330. The van der Waals surface area contributed by atoms with Gasteiger partial charge in [-0.05, 0) is 30.3 Å². The quantitative estimate of drug-likeness (QED) is 0.680. The second-order valence-electron chi connectivity index (χ2n) is 6.66. The summed E-state index contributed by atoms with van der Waals surface area (Å²) >= 11 is 0. The molecule has 0 spiro atoms. The summed E-state index contributed by atoms with van der Waals surface area (Å²) < 4.78 is 11.0. The van der Waals surface area contributed by atoms with Gasteiger partial charge in [0.2, 0.25) is 0 Å². The number of carbonyl (C=O) groups is 2. The standard InChI is InChI=1S/C23H21N3O4/c1-29-19-14-8-12-17(20(19)30-2)21-24-18-13-7-6-11-16(18)23(28)26(21)25-22(27)15-9-4-3-5-10-15/h3-14,21,24H,1-2H3,(H,25,27). The van der Waals surface area contributed by atoms with Gasteiger partial charge in [0.25, 0.3) is 11.8 Å². The fourth-order valence-electron chi connectivity index (χ4n) is 3.48. The number of hydrogen-bond acceptors (Lipinski definition) is 5. The van der Waals surface area contributed by atoms with Gasteiger partial charge in [-0.1, -0.05) is 42.5 Å². The number of hydrazine groups is 1. The number of ether oxygens (including phenoxy) is 2. The van der Waals surface area contributed by atoms with Crippen molar-refractivity contribution in [1.82, 2.24) is 10.4 Å². The Kier molecular flexibility index (Phi) is 5.26. The number of rotatable bonds is 5. The molecule has 4 rings (SSSR count). The molecule has 0 radical (unpaired) electrons. The molecule has 3 aromatic carbocycles. The summed E-state index contributed by atoms with van der Waals surface area (Å²) in [6, 6.07) is 21.3. The average Bonchev–Trinajstić information content (AvgIpc) is 2.80. The van der Waals surface area contributed by atoms with E-state index in [-0.39, 0.29) is 5.91 Å². The van der Waals surface area contributed by atoms with Gasteiger partial charge in [0.05, 0.1) is 19.8 Å². The average molecular weight is 403 g/mol. The van der Waals surface area contributed by atoms with E-state index in [1.165, 1.54) is 12.1 Å². The molecule has 3 aromatic rings. The number of hydrogen-bond donors (Lipinski definition) is 2. The summed E-state index contributed by atoms with van der Waals surface area (Å²) in [5.41, 5.74) is 4.97. The number of nitrogens with zero attached hydrogens (tertiary/aromatic N) is 1. The summed E-state index contributed by atoms with van der Waals surface area (Å²) in [7, 11) is 3.08. The van der Waals surface area contributed by atoms with E-state index in [1.54, 1.807) is 55.6 Å². The molecule has 0 aromatic heterocycles. The maximum absolute atomic E-state index is 13.3. The molecule has 1 unspecified atom stereocenters. The third kappa shape index (κ3) is 3.41. The van der Waals surface area contributed by atoms with Gasteiger partial charge in [0.1, 0.15) is 0 Å². The Bertz CT molecular complexity index is 1080. The highest BCUT2D eigenvalue weighted by atomic mass is 16.5. The van der Waals surface area contributed by atoms with Crippen LogP contribution >= 0.6 is 0 Å². The lowest BCUT2D eigenvalue weighted by Gasteiger charge is -2.38. The molecule has 7 nitrogen and oxygen atoms in total. The largest absolute Gasteiger partial charge is 0.493 e. The number of carbonyl (C=O) groups excluding carboxylic acids is 2. The van der Waals surface area contributed by atoms with E-state index in [1.807, 2.05) is 24.3 Å². The second-order valence-corrected chi connectivity index (χ2v) is 6.66. The van der Waals surface area contributed by atoms with Gasteiger partial charge < -0.3 is 14.8 Å². The Morgan fingerprint density at radius 1 is 0.933 bits per heavy atom. The van der Waals surface area contributed by atoms with E-state index >= 15 is 0 Å². The van der Waals surface area contributed by atoms with Gasteiger partial charge in [-0.2, -0.15) is 0 Å². The van der Waals surface area contributed by atoms with Gasteiger partial charge in [-0.3, -0.25) is 15.0 Å². The Morgan fingerprint density at radius 2 is 1.67 bits per heavy atom.